The van der Waals surface area contributed by atoms with Crippen LogP contribution in [0.2, 0.25) is 0 Å². The third-order valence-corrected chi connectivity index (χ3v) is 6.12. The van der Waals surface area contributed by atoms with Crippen molar-refractivity contribution in [3.8, 4) is 5.75 Å². The molecule has 1 aromatic carbocycles. The van der Waals surface area contributed by atoms with Gasteiger partial charge in [-0.05, 0) is 77.0 Å². The number of aromatic hydroxyl groups is 1. The Morgan fingerprint density at radius 1 is 1.12 bits per heavy atom. The maximum absolute atomic E-state index is 10.0. The molecule has 136 valence electrons. The van der Waals surface area contributed by atoms with E-state index in [9.17, 15) is 5.11 Å². The summed E-state index contributed by atoms with van der Waals surface area (Å²) in [6.07, 6.45) is 8.63. The summed E-state index contributed by atoms with van der Waals surface area (Å²) in [4.78, 5) is 5.06. The molecule has 0 heterocycles. The number of nitrogens with zero attached hydrogens (tertiary/aromatic N) is 2. The first-order valence-corrected chi connectivity index (χ1v) is 9.74. The predicted molar refractivity (Wildman–Crippen MR) is 102 cm³/mol. The van der Waals surface area contributed by atoms with Crippen LogP contribution in [-0.4, -0.2) is 48.1 Å². The highest BCUT2D eigenvalue weighted by molar-refractivity contribution is 5.33. The summed E-state index contributed by atoms with van der Waals surface area (Å²) >= 11 is 0. The van der Waals surface area contributed by atoms with Crippen molar-refractivity contribution < 1.29 is 5.11 Å². The molecule has 1 aromatic rings. The molecule has 0 spiro atoms. The van der Waals surface area contributed by atoms with E-state index in [1.807, 2.05) is 12.1 Å². The molecule has 2 rings (SSSR count). The van der Waals surface area contributed by atoms with Crippen molar-refractivity contribution in [2.24, 2.45) is 0 Å². The van der Waals surface area contributed by atoms with Gasteiger partial charge in [0.2, 0.25) is 0 Å². The average molecular weight is 333 g/mol. The SMILES string of the molecule is CCCCCN(C)C1(c2cccc(O)c2)CCC(N(C)CC)CC1. The molecule has 1 saturated carbocycles. The lowest BCUT2D eigenvalue weighted by Crippen LogP contribution is -2.49. The molecule has 3 heteroatoms. The highest BCUT2D eigenvalue weighted by atomic mass is 16.3. The molecule has 1 aliphatic carbocycles. The molecule has 0 amide bonds. The number of rotatable bonds is 8. The van der Waals surface area contributed by atoms with Gasteiger partial charge in [-0.25, -0.2) is 0 Å². The molecule has 0 bridgehead atoms. The first-order valence-electron chi connectivity index (χ1n) is 9.74. The van der Waals surface area contributed by atoms with E-state index in [1.165, 1.54) is 50.5 Å². The van der Waals surface area contributed by atoms with Gasteiger partial charge in [0, 0.05) is 11.6 Å². The summed E-state index contributed by atoms with van der Waals surface area (Å²) in [7, 11) is 4.53. The van der Waals surface area contributed by atoms with E-state index >= 15 is 0 Å². The van der Waals surface area contributed by atoms with Crippen LogP contribution in [-0.2, 0) is 5.54 Å². The third kappa shape index (κ3) is 4.31. The van der Waals surface area contributed by atoms with Gasteiger partial charge in [0.15, 0.2) is 0 Å². The average Bonchev–Trinajstić information content (AvgIpc) is 2.61. The van der Waals surface area contributed by atoms with E-state index in [-0.39, 0.29) is 5.54 Å². The number of phenolic OH excluding ortho intramolecular Hbond substituents is 1. The summed E-state index contributed by atoms with van der Waals surface area (Å²) in [5.41, 5.74) is 1.37. The molecule has 3 nitrogen and oxygen atoms in total. The highest BCUT2D eigenvalue weighted by Crippen LogP contribution is 2.43. The Hall–Kier alpha value is -1.06. The topological polar surface area (TPSA) is 26.7 Å². The molecule has 0 radical (unpaired) electrons. The third-order valence-electron chi connectivity index (χ3n) is 6.12. The van der Waals surface area contributed by atoms with Crippen LogP contribution in [0.25, 0.3) is 0 Å². The minimum Gasteiger partial charge on any atom is -0.508 e. The first kappa shape index (κ1) is 19.3. The Morgan fingerprint density at radius 2 is 1.83 bits per heavy atom. The first-order chi connectivity index (χ1) is 11.5. The molecular weight excluding hydrogens is 296 g/mol. The molecule has 0 aromatic heterocycles. The second-order valence-electron chi connectivity index (χ2n) is 7.51. The summed E-state index contributed by atoms with van der Waals surface area (Å²) in [5, 5.41) is 10.0. The molecule has 1 fully saturated rings. The number of phenols is 1. The molecule has 0 saturated heterocycles. The summed E-state index contributed by atoms with van der Waals surface area (Å²) in [6.45, 7) is 6.76. The monoisotopic (exact) mass is 332 g/mol. The Labute approximate surface area is 148 Å². The number of unbranched alkanes of at least 4 members (excludes halogenated alkanes) is 2. The predicted octanol–water partition coefficient (Wildman–Crippen LogP) is 4.60. The van der Waals surface area contributed by atoms with Crippen molar-refractivity contribution in [1.29, 1.82) is 0 Å². The van der Waals surface area contributed by atoms with Gasteiger partial charge in [-0.3, -0.25) is 4.90 Å². The van der Waals surface area contributed by atoms with Gasteiger partial charge in [-0.15, -0.1) is 0 Å². The van der Waals surface area contributed by atoms with Crippen LogP contribution in [0.1, 0.15) is 64.4 Å². The Kier molecular flexibility index (Phi) is 7.12. The smallest absolute Gasteiger partial charge is 0.115 e. The van der Waals surface area contributed by atoms with Gasteiger partial charge < -0.3 is 10.0 Å². The van der Waals surface area contributed by atoms with E-state index in [4.69, 9.17) is 0 Å². The quantitative estimate of drug-likeness (QED) is 0.705. The van der Waals surface area contributed by atoms with Crippen LogP contribution >= 0.6 is 0 Å². The standard InChI is InChI=1S/C21H36N2O/c1-5-7-8-16-23(4)21(18-10-9-11-20(24)17-18)14-12-19(13-15-21)22(3)6-2/h9-11,17,19,24H,5-8,12-16H2,1-4H3. The van der Waals surface area contributed by atoms with Crippen molar-refractivity contribution in [1.82, 2.24) is 9.80 Å². The fourth-order valence-electron chi connectivity index (χ4n) is 4.28. The zero-order valence-corrected chi connectivity index (χ0v) is 16.1. The van der Waals surface area contributed by atoms with Crippen LogP contribution < -0.4 is 0 Å². The van der Waals surface area contributed by atoms with Crippen LogP contribution in [0.5, 0.6) is 5.75 Å². The van der Waals surface area contributed by atoms with E-state index in [1.54, 1.807) is 6.07 Å². The van der Waals surface area contributed by atoms with Crippen LogP contribution in [0.3, 0.4) is 0 Å². The van der Waals surface area contributed by atoms with Crippen molar-refractivity contribution >= 4 is 0 Å². The van der Waals surface area contributed by atoms with Crippen molar-refractivity contribution in [3.63, 3.8) is 0 Å². The van der Waals surface area contributed by atoms with E-state index < -0.39 is 0 Å². The summed E-state index contributed by atoms with van der Waals surface area (Å²) in [6, 6.07) is 8.67. The normalized spacial score (nSPS) is 24.7. The van der Waals surface area contributed by atoms with Crippen molar-refractivity contribution in [3.05, 3.63) is 29.8 Å². The molecule has 1 N–H and O–H groups in total. The van der Waals surface area contributed by atoms with Crippen molar-refractivity contribution in [2.75, 3.05) is 27.2 Å². The van der Waals surface area contributed by atoms with E-state index in [0.717, 1.165) is 13.1 Å². The zero-order valence-electron chi connectivity index (χ0n) is 16.1. The van der Waals surface area contributed by atoms with Gasteiger partial charge in [-0.2, -0.15) is 0 Å². The maximum Gasteiger partial charge on any atom is 0.115 e. The number of hydrogen-bond donors (Lipinski definition) is 1. The molecule has 0 unspecified atom stereocenters. The van der Waals surface area contributed by atoms with Gasteiger partial charge in [0.1, 0.15) is 5.75 Å². The lowest BCUT2D eigenvalue weighted by molar-refractivity contribution is 0.0395. The zero-order chi connectivity index (χ0) is 17.6. The summed E-state index contributed by atoms with van der Waals surface area (Å²) < 4.78 is 0. The van der Waals surface area contributed by atoms with Gasteiger partial charge in [0.25, 0.3) is 0 Å². The number of benzene rings is 1. The Balaban J connectivity index is 2.20. The van der Waals surface area contributed by atoms with E-state index in [0.29, 0.717) is 11.8 Å². The fraction of sp³-hybridized carbons (Fsp3) is 0.714. The molecule has 0 atom stereocenters. The Morgan fingerprint density at radius 3 is 2.42 bits per heavy atom. The lowest BCUT2D eigenvalue weighted by atomic mass is 9.73. The van der Waals surface area contributed by atoms with Gasteiger partial charge in [0.05, 0.1) is 0 Å². The maximum atomic E-state index is 10.0. The highest BCUT2D eigenvalue weighted by Gasteiger charge is 2.40. The molecule has 24 heavy (non-hydrogen) atoms. The van der Waals surface area contributed by atoms with Gasteiger partial charge in [-0.1, -0.05) is 38.8 Å². The minimum absolute atomic E-state index is 0.0809. The van der Waals surface area contributed by atoms with Gasteiger partial charge >= 0.3 is 0 Å². The van der Waals surface area contributed by atoms with E-state index in [2.05, 4.69) is 43.8 Å². The second kappa shape index (κ2) is 8.87. The molecule has 1 aliphatic rings. The fourth-order valence-corrected chi connectivity index (χ4v) is 4.28. The number of hydrogen-bond acceptors (Lipinski definition) is 3. The van der Waals surface area contributed by atoms with Crippen LogP contribution in [0, 0.1) is 0 Å². The Bertz CT molecular complexity index is 494. The minimum atomic E-state index is 0.0809. The second-order valence-corrected chi connectivity index (χ2v) is 7.51. The van der Waals surface area contributed by atoms with Crippen LogP contribution in [0.15, 0.2) is 24.3 Å². The lowest BCUT2D eigenvalue weighted by Gasteiger charge is -2.48. The van der Waals surface area contributed by atoms with Crippen LogP contribution in [0.4, 0.5) is 0 Å². The molecular formula is C21H36N2O. The summed E-state index contributed by atoms with van der Waals surface area (Å²) in [5.74, 6) is 0.390. The molecule has 0 aliphatic heterocycles. The van der Waals surface area contributed by atoms with Crippen molar-refractivity contribution in [2.45, 2.75) is 70.4 Å². The largest absolute Gasteiger partial charge is 0.508 e.